The summed E-state index contributed by atoms with van der Waals surface area (Å²) in [5.41, 5.74) is 1.56. The van der Waals surface area contributed by atoms with E-state index < -0.39 is 0 Å². The fraction of sp³-hybridized carbons (Fsp3) is 0.385. The van der Waals surface area contributed by atoms with Crippen LogP contribution in [0.5, 0.6) is 0 Å². The molecule has 1 amide bonds. The minimum absolute atomic E-state index is 0.0255. The number of nitrogens with zero attached hydrogens (tertiary/aromatic N) is 1. The first-order valence-electron chi connectivity index (χ1n) is 5.94. The number of rotatable bonds is 4. The summed E-state index contributed by atoms with van der Waals surface area (Å²) in [5, 5.41) is 10.8. The molecule has 0 saturated carbocycles. The van der Waals surface area contributed by atoms with Crippen LogP contribution in [-0.4, -0.2) is 22.1 Å². The molecule has 0 aliphatic rings. The SMILES string of the molecule is CCCC(C)NC(=O)c1ccc2cn[nH]c2c1. The lowest BCUT2D eigenvalue weighted by Crippen LogP contribution is -2.32. The average molecular weight is 231 g/mol. The van der Waals surface area contributed by atoms with E-state index >= 15 is 0 Å². The predicted octanol–water partition coefficient (Wildman–Crippen LogP) is 2.48. The Morgan fingerprint density at radius 1 is 1.53 bits per heavy atom. The molecule has 1 aromatic heterocycles. The summed E-state index contributed by atoms with van der Waals surface area (Å²) in [6.45, 7) is 4.13. The highest BCUT2D eigenvalue weighted by Gasteiger charge is 2.09. The monoisotopic (exact) mass is 231 g/mol. The van der Waals surface area contributed by atoms with Crippen molar-refractivity contribution < 1.29 is 4.79 Å². The van der Waals surface area contributed by atoms with Crippen LogP contribution in [0.2, 0.25) is 0 Å². The van der Waals surface area contributed by atoms with Gasteiger partial charge in [0.05, 0.1) is 11.7 Å². The molecule has 0 fully saturated rings. The van der Waals surface area contributed by atoms with E-state index in [2.05, 4.69) is 22.4 Å². The van der Waals surface area contributed by atoms with Crippen LogP contribution in [0.15, 0.2) is 24.4 Å². The molecule has 90 valence electrons. The summed E-state index contributed by atoms with van der Waals surface area (Å²) >= 11 is 0. The molecule has 1 aromatic carbocycles. The number of hydrogen-bond acceptors (Lipinski definition) is 2. The van der Waals surface area contributed by atoms with Gasteiger partial charge in [-0.05, 0) is 25.5 Å². The molecular weight excluding hydrogens is 214 g/mol. The molecule has 4 nitrogen and oxygen atoms in total. The fourth-order valence-electron chi connectivity index (χ4n) is 1.89. The van der Waals surface area contributed by atoms with Gasteiger partial charge in [0, 0.05) is 17.0 Å². The Hall–Kier alpha value is -1.84. The Morgan fingerprint density at radius 3 is 3.12 bits per heavy atom. The van der Waals surface area contributed by atoms with E-state index in [4.69, 9.17) is 0 Å². The maximum atomic E-state index is 12.0. The summed E-state index contributed by atoms with van der Waals surface area (Å²) in [5.74, 6) is -0.0255. The van der Waals surface area contributed by atoms with Crippen molar-refractivity contribution in [3.63, 3.8) is 0 Å². The van der Waals surface area contributed by atoms with Gasteiger partial charge in [0.1, 0.15) is 0 Å². The topological polar surface area (TPSA) is 57.8 Å². The third kappa shape index (κ3) is 2.64. The number of amides is 1. The van der Waals surface area contributed by atoms with Crippen molar-refractivity contribution >= 4 is 16.8 Å². The van der Waals surface area contributed by atoms with Gasteiger partial charge in [0.2, 0.25) is 0 Å². The maximum absolute atomic E-state index is 12.0. The minimum Gasteiger partial charge on any atom is -0.350 e. The van der Waals surface area contributed by atoms with E-state index in [1.54, 1.807) is 6.20 Å². The molecule has 1 heterocycles. The van der Waals surface area contributed by atoms with Crippen molar-refractivity contribution in [2.75, 3.05) is 0 Å². The molecule has 2 aromatic rings. The first-order valence-corrected chi connectivity index (χ1v) is 5.94. The van der Waals surface area contributed by atoms with Crippen LogP contribution < -0.4 is 5.32 Å². The second kappa shape index (κ2) is 4.99. The minimum atomic E-state index is -0.0255. The lowest BCUT2D eigenvalue weighted by Gasteiger charge is -2.12. The van der Waals surface area contributed by atoms with Crippen molar-refractivity contribution in [2.24, 2.45) is 0 Å². The number of carbonyl (C=O) groups is 1. The van der Waals surface area contributed by atoms with Gasteiger partial charge in [-0.3, -0.25) is 9.89 Å². The molecule has 0 aliphatic carbocycles. The molecule has 4 heteroatoms. The largest absolute Gasteiger partial charge is 0.350 e. The number of aromatic nitrogens is 2. The van der Waals surface area contributed by atoms with Gasteiger partial charge in [-0.2, -0.15) is 5.10 Å². The lowest BCUT2D eigenvalue weighted by atomic mass is 10.1. The van der Waals surface area contributed by atoms with Crippen molar-refractivity contribution in [3.05, 3.63) is 30.0 Å². The zero-order valence-corrected chi connectivity index (χ0v) is 10.2. The lowest BCUT2D eigenvalue weighted by molar-refractivity contribution is 0.0938. The second-order valence-electron chi connectivity index (χ2n) is 4.34. The summed E-state index contributed by atoms with van der Waals surface area (Å²) in [6, 6.07) is 5.77. The molecule has 1 atom stereocenters. The number of nitrogens with one attached hydrogen (secondary N) is 2. The molecule has 0 aliphatic heterocycles. The molecule has 2 rings (SSSR count). The number of aromatic amines is 1. The zero-order valence-electron chi connectivity index (χ0n) is 10.2. The van der Waals surface area contributed by atoms with Gasteiger partial charge in [-0.25, -0.2) is 0 Å². The molecule has 0 radical (unpaired) electrons. The highest BCUT2D eigenvalue weighted by Crippen LogP contribution is 2.12. The highest BCUT2D eigenvalue weighted by atomic mass is 16.1. The third-order valence-corrected chi connectivity index (χ3v) is 2.80. The Morgan fingerprint density at radius 2 is 2.35 bits per heavy atom. The van der Waals surface area contributed by atoms with Crippen molar-refractivity contribution in [1.82, 2.24) is 15.5 Å². The Kier molecular flexibility index (Phi) is 3.42. The van der Waals surface area contributed by atoms with Crippen LogP contribution in [0.4, 0.5) is 0 Å². The Labute approximate surface area is 100 Å². The standard InChI is InChI=1S/C13H17N3O/c1-3-4-9(2)15-13(17)10-5-6-11-8-14-16-12(11)7-10/h5-9H,3-4H2,1-2H3,(H,14,16)(H,15,17). The summed E-state index contributed by atoms with van der Waals surface area (Å²) in [7, 11) is 0. The number of hydrogen-bond donors (Lipinski definition) is 2. The summed E-state index contributed by atoms with van der Waals surface area (Å²) < 4.78 is 0. The molecule has 2 N–H and O–H groups in total. The number of benzene rings is 1. The normalized spacial score (nSPS) is 12.6. The first kappa shape index (κ1) is 11.6. The summed E-state index contributed by atoms with van der Waals surface area (Å²) in [4.78, 5) is 12.0. The molecule has 17 heavy (non-hydrogen) atoms. The quantitative estimate of drug-likeness (QED) is 0.849. The Balaban J connectivity index is 2.13. The maximum Gasteiger partial charge on any atom is 0.251 e. The van der Waals surface area contributed by atoms with Gasteiger partial charge in [-0.15, -0.1) is 0 Å². The van der Waals surface area contributed by atoms with Crippen LogP contribution in [-0.2, 0) is 0 Å². The van der Waals surface area contributed by atoms with Crippen LogP contribution in [0.3, 0.4) is 0 Å². The molecular formula is C13H17N3O. The van der Waals surface area contributed by atoms with Crippen LogP contribution in [0.25, 0.3) is 10.9 Å². The van der Waals surface area contributed by atoms with Crippen LogP contribution in [0.1, 0.15) is 37.0 Å². The van der Waals surface area contributed by atoms with E-state index in [0.717, 1.165) is 23.7 Å². The van der Waals surface area contributed by atoms with Crippen LogP contribution in [0, 0.1) is 0 Å². The van der Waals surface area contributed by atoms with Crippen molar-refractivity contribution in [2.45, 2.75) is 32.7 Å². The van der Waals surface area contributed by atoms with Gasteiger partial charge in [-0.1, -0.05) is 19.4 Å². The Bertz CT molecular complexity index is 518. The van der Waals surface area contributed by atoms with Gasteiger partial charge >= 0.3 is 0 Å². The van der Waals surface area contributed by atoms with Gasteiger partial charge < -0.3 is 5.32 Å². The molecule has 0 saturated heterocycles. The number of carbonyl (C=O) groups excluding carboxylic acids is 1. The van der Waals surface area contributed by atoms with Crippen molar-refractivity contribution in [1.29, 1.82) is 0 Å². The predicted molar refractivity (Wildman–Crippen MR) is 67.9 cm³/mol. The van der Waals surface area contributed by atoms with Crippen molar-refractivity contribution in [3.8, 4) is 0 Å². The molecule has 1 unspecified atom stereocenters. The third-order valence-electron chi connectivity index (χ3n) is 2.80. The van der Waals surface area contributed by atoms with E-state index in [0.29, 0.717) is 5.56 Å². The zero-order chi connectivity index (χ0) is 12.3. The van der Waals surface area contributed by atoms with E-state index in [-0.39, 0.29) is 11.9 Å². The van der Waals surface area contributed by atoms with E-state index in [1.165, 1.54) is 0 Å². The average Bonchev–Trinajstić information content (AvgIpc) is 2.75. The number of H-pyrrole nitrogens is 1. The smallest absolute Gasteiger partial charge is 0.251 e. The summed E-state index contributed by atoms with van der Waals surface area (Å²) in [6.07, 6.45) is 3.82. The van der Waals surface area contributed by atoms with Gasteiger partial charge in [0.25, 0.3) is 5.91 Å². The fourth-order valence-corrected chi connectivity index (χ4v) is 1.89. The number of fused-ring (bicyclic) bond motifs is 1. The molecule has 0 spiro atoms. The van der Waals surface area contributed by atoms with E-state index in [9.17, 15) is 4.79 Å². The van der Waals surface area contributed by atoms with Crippen LogP contribution >= 0.6 is 0 Å². The van der Waals surface area contributed by atoms with Gasteiger partial charge in [0.15, 0.2) is 0 Å². The first-order chi connectivity index (χ1) is 8.20. The van der Waals surface area contributed by atoms with E-state index in [1.807, 2.05) is 25.1 Å². The molecule has 0 bridgehead atoms. The highest BCUT2D eigenvalue weighted by molar-refractivity contribution is 5.97. The second-order valence-corrected chi connectivity index (χ2v) is 4.34.